The molecule has 1 aromatic rings. The molecule has 0 saturated heterocycles. The Morgan fingerprint density at radius 2 is 2.11 bits per heavy atom. The van der Waals surface area contributed by atoms with E-state index in [-0.39, 0.29) is 18.6 Å². The Labute approximate surface area is 114 Å². The lowest BCUT2D eigenvalue weighted by molar-refractivity contribution is 0.0937. The molecule has 1 aliphatic rings. The predicted molar refractivity (Wildman–Crippen MR) is 74.7 cm³/mol. The van der Waals surface area contributed by atoms with Crippen LogP contribution in [0.3, 0.4) is 0 Å². The Morgan fingerprint density at radius 1 is 1.42 bits per heavy atom. The summed E-state index contributed by atoms with van der Waals surface area (Å²) in [5, 5.41) is 11.6. The van der Waals surface area contributed by atoms with Crippen LogP contribution in [0.5, 0.6) is 0 Å². The van der Waals surface area contributed by atoms with E-state index < -0.39 is 0 Å². The van der Waals surface area contributed by atoms with Crippen LogP contribution in [0.15, 0.2) is 24.3 Å². The van der Waals surface area contributed by atoms with Crippen molar-refractivity contribution in [2.75, 3.05) is 6.61 Å². The average molecular weight is 257 g/mol. The van der Waals surface area contributed by atoms with Crippen molar-refractivity contribution in [2.24, 2.45) is 5.92 Å². The van der Waals surface area contributed by atoms with E-state index in [1.54, 1.807) is 24.3 Å². The number of aliphatic hydroxyl groups is 1. The maximum atomic E-state index is 12.0. The third-order valence-corrected chi connectivity index (χ3v) is 3.22. The lowest BCUT2D eigenvalue weighted by Crippen LogP contribution is -2.32. The molecule has 1 fully saturated rings. The predicted octanol–water partition coefficient (Wildman–Crippen LogP) is 1.95. The topological polar surface area (TPSA) is 49.3 Å². The minimum absolute atomic E-state index is 0.0326. The van der Waals surface area contributed by atoms with Crippen LogP contribution < -0.4 is 5.32 Å². The Balaban J connectivity index is 1.90. The number of benzene rings is 1. The number of aliphatic hydroxyl groups excluding tert-OH is 1. The van der Waals surface area contributed by atoms with Crippen LogP contribution in [-0.4, -0.2) is 23.7 Å². The van der Waals surface area contributed by atoms with Crippen molar-refractivity contribution < 1.29 is 9.90 Å². The number of nitrogens with one attached hydrogen (secondary N) is 1. The van der Waals surface area contributed by atoms with Crippen LogP contribution in [0.2, 0.25) is 0 Å². The standard InChI is InChI=1S/C16H19NO2/c1-12(11-14-4-5-14)17-16(19)15-8-6-13(7-9-15)3-2-10-18/h6-9,12,14,18H,4-5,10-11H2,1H3,(H,17,19). The Hall–Kier alpha value is -1.79. The molecule has 0 spiro atoms. The lowest BCUT2D eigenvalue weighted by Gasteiger charge is -2.13. The summed E-state index contributed by atoms with van der Waals surface area (Å²) < 4.78 is 0. The summed E-state index contributed by atoms with van der Waals surface area (Å²) in [6.45, 7) is 1.90. The molecule has 1 aromatic carbocycles. The second kappa shape index (κ2) is 6.40. The van der Waals surface area contributed by atoms with Crippen LogP contribution in [0.25, 0.3) is 0 Å². The molecule has 2 rings (SSSR count). The van der Waals surface area contributed by atoms with E-state index in [2.05, 4.69) is 24.1 Å². The normalized spacial score (nSPS) is 15.3. The first-order valence-corrected chi connectivity index (χ1v) is 6.69. The van der Waals surface area contributed by atoms with Crippen molar-refractivity contribution >= 4 is 5.91 Å². The minimum Gasteiger partial charge on any atom is -0.384 e. The van der Waals surface area contributed by atoms with Gasteiger partial charge in [-0.1, -0.05) is 24.7 Å². The molecule has 1 aliphatic carbocycles. The van der Waals surface area contributed by atoms with Gasteiger partial charge < -0.3 is 10.4 Å². The van der Waals surface area contributed by atoms with Gasteiger partial charge in [0.1, 0.15) is 6.61 Å². The highest BCUT2D eigenvalue weighted by atomic mass is 16.2. The molecule has 3 heteroatoms. The fourth-order valence-electron chi connectivity index (χ4n) is 2.07. The molecule has 0 heterocycles. The number of carbonyl (C=O) groups excluding carboxylic acids is 1. The van der Waals surface area contributed by atoms with Crippen LogP contribution >= 0.6 is 0 Å². The molecule has 0 bridgehead atoms. The molecule has 100 valence electrons. The van der Waals surface area contributed by atoms with E-state index in [1.165, 1.54) is 12.8 Å². The molecule has 1 amide bonds. The molecule has 19 heavy (non-hydrogen) atoms. The van der Waals surface area contributed by atoms with Gasteiger partial charge in [0, 0.05) is 17.2 Å². The highest BCUT2D eigenvalue weighted by Gasteiger charge is 2.24. The first kappa shape index (κ1) is 13.6. The van der Waals surface area contributed by atoms with Gasteiger partial charge in [-0.2, -0.15) is 0 Å². The van der Waals surface area contributed by atoms with Gasteiger partial charge in [0.25, 0.3) is 5.91 Å². The first-order chi connectivity index (χ1) is 9.19. The lowest BCUT2D eigenvalue weighted by atomic mass is 10.1. The maximum Gasteiger partial charge on any atom is 0.251 e. The van der Waals surface area contributed by atoms with Crippen LogP contribution in [-0.2, 0) is 0 Å². The Morgan fingerprint density at radius 3 is 2.68 bits per heavy atom. The van der Waals surface area contributed by atoms with Gasteiger partial charge in [0.15, 0.2) is 0 Å². The third kappa shape index (κ3) is 4.42. The molecule has 0 aliphatic heterocycles. The average Bonchev–Trinajstić information content (AvgIpc) is 3.20. The summed E-state index contributed by atoms with van der Waals surface area (Å²) in [6, 6.07) is 7.35. The van der Waals surface area contributed by atoms with Crippen molar-refractivity contribution in [1.82, 2.24) is 5.32 Å². The summed E-state index contributed by atoms with van der Waals surface area (Å²) in [7, 11) is 0. The van der Waals surface area contributed by atoms with Crippen LogP contribution in [0.4, 0.5) is 0 Å². The van der Waals surface area contributed by atoms with Crippen LogP contribution in [0, 0.1) is 17.8 Å². The zero-order chi connectivity index (χ0) is 13.7. The fourth-order valence-corrected chi connectivity index (χ4v) is 2.07. The SMILES string of the molecule is CC(CC1CC1)NC(=O)c1ccc(C#CCO)cc1. The second-order valence-corrected chi connectivity index (χ2v) is 5.09. The zero-order valence-electron chi connectivity index (χ0n) is 11.1. The second-order valence-electron chi connectivity index (χ2n) is 5.09. The molecule has 2 N–H and O–H groups in total. The molecule has 0 radical (unpaired) electrons. The van der Waals surface area contributed by atoms with E-state index in [1.807, 2.05) is 0 Å². The monoisotopic (exact) mass is 257 g/mol. The zero-order valence-corrected chi connectivity index (χ0v) is 11.1. The highest BCUT2D eigenvalue weighted by Crippen LogP contribution is 2.33. The smallest absolute Gasteiger partial charge is 0.251 e. The number of amides is 1. The molecule has 0 aromatic heterocycles. The summed E-state index contributed by atoms with van der Waals surface area (Å²) in [5.74, 6) is 6.16. The minimum atomic E-state index is -0.152. The van der Waals surface area contributed by atoms with Crippen molar-refractivity contribution in [3.8, 4) is 11.8 Å². The summed E-state index contributed by atoms with van der Waals surface area (Å²) in [4.78, 5) is 12.0. The van der Waals surface area contributed by atoms with Gasteiger partial charge in [-0.25, -0.2) is 0 Å². The quantitative estimate of drug-likeness (QED) is 0.810. The van der Waals surface area contributed by atoms with Crippen molar-refractivity contribution in [1.29, 1.82) is 0 Å². The molecule has 1 unspecified atom stereocenters. The van der Waals surface area contributed by atoms with Crippen molar-refractivity contribution in [3.63, 3.8) is 0 Å². The van der Waals surface area contributed by atoms with Gasteiger partial charge in [-0.15, -0.1) is 0 Å². The van der Waals surface area contributed by atoms with Crippen LogP contribution in [0.1, 0.15) is 42.1 Å². The molecule has 1 saturated carbocycles. The van der Waals surface area contributed by atoms with E-state index in [0.29, 0.717) is 5.56 Å². The molecular formula is C16H19NO2. The first-order valence-electron chi connectivity index (χ1n) is 6.69. The van der Waals surface area contributed by atoms with E-state index >= 15 is 0 Å². The summed E-state index contributed by atoms with van der Waals surface area (Å²) >= 11 is 0. The number of rotatable bonds is 4. The van der Waals surface area contributed by atoms with E-state index in [0.717, 1.165) is 17.9 Å². The van der Waals surface area contributed by atoms with Gasteiger partial charge in [0.05, 0.1) is 0 Å². The summed E-state index contributed by atoms with van der Waals surface area (Å²) in [6.07, 6.45) is 3.68. The highest BCUT2D eigenvalue weighted by molar-refractivity contribution is 5.94. The van der Waals surface area contributed by atoms with E-state index in [4.69, 9.17) is 5.11 Å². The molecular weight excluding hydrogens is 238 g/mol. The summed E-state index contributed by atoms with van der Waals surface area (Å²) in [5.41, 5.74) is 1.45. The van der Waals surface area contributed by atoms with E-state index in [9.17, 15) is 4.79 Å². The van der Waals surface area contributed by atoms with Gasteiger partial charge in [-0.05, 0) is 43.5 Å². The Bertz CT molecular complexity index is 492. The largest absolute Gasteiger partial charge is 0.384 e. The van der Waals surface area contributed by atoms with Crippen molar-refractivity contribution in [3.05, 3.63) is 35.4 Å². The van der Waals surface area contributed by atoms with Gasteiger partial charge in [-0.3, -0.25) is 4.79 Å². The fraction of sp³-hybridized carbons (Fsp3) is 0.438. The Kier molecular flexibility index (Phi) is 4.59. The van der Waals surface area contributed by atoms with Crippen molar-refractivity contribution in [2.45, 2.75) is 32.2 Å². The van der Waals surface area contributed by atoms with Gasteiger partial charge in [0.2, 0.25) is 0 Å². The third-order valence-electron chi connectivity index (χ3n) is 3.22. The maximum absolute atomic E-state index is 12.0. The number of hydrogen-bond acceptors (Lipinski definition) is 2. The van der Waals surface area contributed by atoms with Gasteiger partial charge >= 0.3 is 0 Å². The molecule has 3 nitrogen and oxygen atoms in total. The molecule has 1 atom stereocenters. The number of carbonyl (C=O) groups is 1. The number of hydrogen-bond donors (Lipinski definition) is 2.